The van der Waals surface area contributed by atoms with Crippen LogP contribution in [0.1, 0.15) is 89.0 Å². The molecule has 0 aromatic rings. The highest BCUT2D eigenvalue weighted by atomic mass is 16.6. The SMILES string of the molecule is CC(C)=CCN(CCCCNC(=O)OC(C)(C)C)/C(=N\C(=O)OC(C)(C)C)NC(=O)OC(C)(C)C. The molecule has 0 rings (SSSR count). The molecule has 0 spiro atoms. The molecule has 35 heavy (non-hydrogen) atoms. The van der Waals surface area contributed by atoms with E-state index in [4.69, 9.17) is 14.2 Å². The number of nitrogens with one attached hydrogen (secondary N) is 2. The predicted octanol–water partition coefficient (Wildman–Crippen LogP) is 5.38. The van der Waals surface area contributed by atoms with Crippen LogP contribution in [-0.4, -0.2) is 65.6 Å². The molecular weight excluding hydrogens is 452 g/mol. The summed E-state index contributed by atoms with van der Waals surface area (Å²) in [4.78, 5) is 42.5. The van der Waals surface area contributed by atoms with Gasteiger partial charge in [-0.1, -0.05) is 11.6 Å². The van der Waals surface area contributed by atoms with Crippen molar-refractivity contribution in [2.45, 2.75) is 106 Å². The fourth-order valence-electron chi connectivity index (χ4n) is 2.45. The van der Waals surface area contributed by atoms with Crippen LogP contribution in [0.15, 0.2) is 16.6 Å². The lowest BCUT2D eigenvalue weighted by atomic mass is 10.2. The van der Waals surface area contributed by atoms with Crippen molar-refractivity contribution in [3.05, 3.63) is 11.6 Å². The van der Waals surface area contributed by atoms with Crippen molar-refractivity contribution >= 4 is 24.2 Å². The number of amides is 3. The number of rotatable bonds is 7. The van der Waals surface area contributed by atoms with Gasteiger partial charge in [0.25, 0.3) is 0 Å². The standard InChI is InChI=1S/C25H46N4O6/c1-18(2)14-17-29(16-13-12-15-26-20(30)33-23(3,4)5)19(27-21(31)34-24(6,7)8)28-22(32)35-25(9,10)11/h14H,12-13,15-17H2,1-11H3,(H,26,30)(H,27,28,31,32). The van der Waals surface area contributed by atoms with Crippen molar-refractivity contribution < 1.29 is 28.6 Å². The molecule has 0 unspecified atom stereocenters. The average molecular weight is 499 g/mol. The molecule has 202 valence electrons. The van der Waals surface area contributed by atoms with Crippen molar-refractivity contribution in [1.29, 1.82) is 0 Å². The van der Waals surface area contributed by atoms with Crippen LogP contribution < -0.4 is 10.6 Å². The molecular formula is C25H46N4O6. The smallest absolute Gasteiger partial charge is 0.437 e. The minimum Gasteiger partial charge on any atom is -0.444 e. The molecule has 0 saturated heterocycles. The van der Waals surface area contributed by atoms with Crippen LogP contribution in [0.3, 0.4) is 0 Å². The predicted molar refractivity (Wildman–Crippen MR) is 138 cm³/mol. The van der Waals surface area contributed by atoms with E-state index in [1.165, 1.54) is 0 Å². The highest BCUT2D eigenvalue weighted by molar-refractivity contribution is 5.99. The maximum absolute atomic E-state index is 12.5. The van der Waals surface area contributed by atoms with Gasteiger partial charge in [0.1, 0.15) is 16.8 Å². The van der Waals surface area contributed by atoms with E-state index in [1.54, 1.807) is 67.2 Å². The molecule has 0 aromatic carbocycles. The number of hydrogen-bond acceptors (Lipinski definition) is 6. The number of alkyl carbamates (subject to hydrolysis) is 2. The Morgan fingerprint density at radius 3 is 1.80 bits per heavy atom. The zero-order valence-corrected chi connectivity index (χ0v) is 23.5. The highest BCUT2D eigenvalue weighted by Gasteiger charge is 2.23. The van der Waals surface area contributed by atoms with Gasteiger partial charge in [0.15, 0.2) is 0 Å². The van der Waals surface area contributed by atoms with Gasteiger partial charge in [0.2, 0.25) is 5.96 Å². The van der Waals surface area contributed by atoms with E-state index in [2.05, 4.69) is 15.6 Å². The monoisotopic (exact) mass is 498 g/mol. The first kappa shape index (κ1) is 32.2. The number of carbonyl (C=O) groups is 3. The van der Waals surface area contributed by atoms with E-state index in [9.17, 15) is 14.4 Å². The molecule has 10 nitrogen and oxygen atoms in total. The molecule has 0 atom stereocenters. The quantitative estimate of drug-likeness (QED) is 0.159. The van der Waals surface area contributed by atoms with Crippen LogP contribution in [-0.2, 0) is 14.2 Å². The first-order valence-corrected chi connectivity index (χ1v) is 11.9. The summed E-state index contributed by atoms with van der Waals surface area (Å²) in [5.74, 6) is 0.0334. The second-order valence-electron chi connectivity index (χ2n) is 11.4. The number of ether oxygens (including phenoxy) is 3. The molecule has 3 amide bonds. The summed E-state index contributed by atoms with van der Waals surface area (Å²) in [7, 11) is 0. The molecule has 0 radical (unpaired) electrons. The van der Waals surface area contributed by atoms with E-state index in [1.807, 2.05) is 19.9 Å². The first-order chi connectivity index (χ1) is 15.8. The lowest BCUT2D eigenvalue weighted by molar-refractivity contribution is 0.0518. The third-order valence-corrected chi connectivity index (χ3v) is 3.75. The molecule has 0 aliphatic heterocycles. The first-order valence-electron chi connectivity index (χ1n) is 11.9. The lowest BCUT2D eigenvalue weighted by Gasteiger charge is -2.27. The minimum absolute atomic E-state index is 0.0334. The maximum Gasteiger partial charge on any atom is 0.437 e. The Bertz CT molecular complexity index is 766. The van der Waals surface area contributed by atoms with Gasteiger partial charge >= 0.3 is 18.3 Å². The zero-order chi connectivity index (χ0) is 27.4. The molecule has 0 aliphatic rings. The van der Waals surface area contributed by atoms with Crippen molar-refractivity contribution in [2.24, 2.45) is 4.99 Å². The Morgan fingerprint density at radius 1 is 0.800 bits per heavy atom. The average Bonchev–Trinajstić information content (AvgIpc) is 2.58. The number of aliphatic imine (C=N–C) groups is 1. The van der Waals surface area contributed by atoms with Crippen molar-refractivity contribution in [1.82, 2.24) is 15.5 Å². The van der Waals surface area contributed by atoms with Crippen LogP contribution in [0.2, 0.25) is 0 Å². The molecule has 0 saturated carbocycles. The number of guanidine groups is 1. The number of allylic oxidation sites excluding steroid dienone is 1. The van der Waals surface area contributed by atoms with Gasteiger partial charge in [-0.05, 0) is 89.0 Å². The number of nitrogens with zero attached hydrogens (tertiary/aromatic N) is 2. The largest absolute Gasteiger partial charge is 0.444 e. The van der Waals surface area contributed by atoms with Gasteiger partial charge < -0.3 is 24.4 Å². The van der Waals surface area contributed by atoms with E-state index in [0.717, 1.165) is 5.57 Å². The Labute approximate surface area is 210 Å². The van der Waals surface area contributed by atoms with Crippen LogP contribution in [0.4, 0.5) is 14.4 Å². The highest BCUT2D eigenvalue weighted by Crippen LogP contribution is 2.11. The fourth-order valence-corrected chi connectivity index (χ4v) is 2.45. The zero-order valence-electron chi connectivity index (χ0n) is 23.5. The fraction of sp³-hybridized carbons (Fsp3) is 0.760. The van der Waals surface area contributed by atoms with Gasteiger partial charge in [-0.15, -0.1) is 4.99 Å². The topological polar surface area (TPSA) is 119 Å². The third kappa shape index (κ3) is 19.2. The van der Waals surface area contributed by atoms with Gasteiger partial charge in [0, 0.05) is 19.6 Å². The van der Waals surface area contributed by atoms with E-state index in [-0.39, 0.29) is 5.96 Å². The van der Waals surface area contributed by atoms with Crippen molar-refractivity contribution in [2.75, 3.05) is 19.6 Å². The lowest BCUT2D eigenvalue weighted by Crippen LogP contribution is -2.47. The van der Waals surface area contributed by atoms with E-state index >= 15 is 0 Å². The second-order valence-corrected chi connectivity index (χ2v) is 11.4. The molecule has 0 bridgehead atoms. The Kier molecular flexibility index (Phi) is 12.8. The normalized spacial score (nSPS) is 12.4. The van der Waals surface area contributed by atoms with Crippen molar-refractivity contribution in [3.8, 4) is 0 Å². The molecule has 0 aliphatic carbocycles. The number of hydrogen-bond donors (Lipinski definition) is 2. The number of unbranched alkanes of at least 4 members (excludes halogenated alkanes) is 1. The van der Waals surface area contributed by atoms with Gasteiger partial charge in [-0.2, -0.15) is 0 Å². The van der Waals surface area contributed by atoms with E-state index in [0.29, 0.717) is 32.5 Å². The summed E-state index contributed by atoms with van der Waals surface area (Å²) < 4.78 is 15.9. The Hall–Kier alpha value is -2.78. The summed E-state index contributed by atoms with van der Waals surface area (Å²) in [6, 6.07) is 0. The summed E-state index contributed by atoms with van der Waals surface area (Å²) >= 11 is 0. The summed E-state index contributed by atoms with van der Waals surface area (Å²) in [6.45, 7) is 21.0. The van der Waals surface area contributed by atoms with E-state index < -0.39 is 35.1 Å². The second kappa shape index (κ2) is 13.9. The molecule has 0 aromatic heterocycles. The van der Waals surface area contributed by atoms with Crippen LogP contribution in [0, 0.1) is 0 Å². The van der Waals surface area contributed by atoms with Crippen LogP contribution in [0.5, 0.6) is 0 Å². The summed E-state index contributed by atoms with van der Waals surface area (Å²) in [6.07, 6.45) is 1.23. The minimum atomic E-state index is -0.822. The van der Waals surface area contributed by atoms with Crippen molar-refractivity contribution in [3.63, 3.8) is 0 Å². The summed E-state index contributed by atoms with van der Waals surface area (Å²) in [5.41, 5.74) is -0.962. The van der Waals surface area contributed by atoms with Crippen LogP contribution >= 0.6 is 0 Å². The maximum atomic E-state index is 12.5. The molecule has 10 heteroatoms. The van der Waals surface area contributed by atoms with Gasteiger partial charge in [-0.3, -0.25) is 5.32 Å². The van der Waals surface area contributed by atoms with Crippen LogP contribution in [0.25, 0.3) is 0 Å². The van der Waals surface area contributed by atoms with Gasteiger partial charge in [0.05, 0.1) is 0 Å². The Morgan fingerprint density at radius 2 is 1.31 bits per heavy atom. The summed E-state index contributed by atoms with van der Waals surface area (Å²) in [5, 5.41) is 5.32. The molecule has 2 N–H and O–H groups in total. The third-order valence-electron chi connectivity index (χ3n) is 3.75. The molecule has 0 fully saturated rings. The Balaban J connectivity index is 5.48. The molecule has 0 heterocycles. The number of carbonyl (C=O) groups excluding carboxylic acids is 3. The van der Waals surface area contributed by atoms with Gasteiger partial charge in [-0.25, -0.2) is 14.4 Å².